The highest BCUT2D eigenvalue weighted by Crippen LogP contribution is 2.40. The maximum absolute atomic E-state index is 12.2. The van der Waals surface area contributed by atoms with Gasteiger partial charge in [0, 0.05) is 0 Å². The van der Waals surface area contributed by atoms with Crippen molar-refractivity contribution in [1.29, 1.82) is 0 Å². The number of allylic oxidation sites excluding steroid dienone is 4. The summed E-state index contributed by atoms with van der Waals surface area (Å²) in [6, 6.07) is 30.8. The van der Waals surface area contributed by atoms with Crippen molar-refractivity contribution in [3.05, 3.63) is 125 Å². The molecule has 0 radical (unpaired) electrons. The lowest BCUT2D eigenvalue weighted by atomic mass is 9.68. The first-order valence-electron chi connectivity index (χ1n) is 10.7. The Morgan fingerprint density at radius 2 is 1.29 bits per heavy atom. The number of carbonyl (C=O) groups is 1. The van der Waals surface area contributed by atoms with Crippen LogP contribution < -0.4 is 0 Å². The Morgan fingerprint density at radius 3 is 1.74 bits per heavy atom. The van der Waals surface area contributed by atoms with E-state index in [2.05, 4.69) is 62.1 Å². The number of rotatable bonds is 6. The molecule has 0 spiro atoms. The Morgan fingerprint density at radius 1 is 0.806 bits per heavy atom. The van der Waals surface area contributed by atoms with Gasteiger partial charge in [-0.2, -0.15) is 0 Å². The van der Waals surface area contributed by atoms with Gasteiger partial charge in [-0.25, -0.2) is 0 Å². The van der Waals surface area contributed by atoms with Gasteiger partial charge in [-0.1, -0.05) is 110 Å². The van der Waals surface area contributed by atoms with Crippen LogP contribution in [0.2, 0.25) is 0 Å². The average molecular weight is 405 g/mol. The van der Waals surface area contributed by atoms with Crippen LogP contribution in [0.4, 0.5) is 0 Å². The van der Waals surface area contributed by atoms with Crippen LogP contribution in [0.5, 0.6) is 0 Å². The molecule has 3 rings (SSSR count). The fourth-order valence-electron chi connectivity index (χ4n) is 3.90. The molecule has 0 amide bonds. The Bertz CT molecular complexity index is 1090. The molecule has 154 valence electrons. The highest BCUT2D eigenvalue weighted by molar-refractivity contribution is 5.89. The number of ketones is 1. The summed E-state index contributed by atoms with van der Waals surface area (Å²) in [4.78, 5) is 12.2. The van der Waals surface area contributed by atoms with Crippen LogP contribution in [-0.4, -0.2) is 5.78 Å². The van der Waals surface area contributed by atoms with Crippen LogP contribution in [-0.2, 0) is 10.2 Å². The minimum atomic E-state index is -0.698. The third-order valence-electron chi connectivity index (χ3n) is 5.43. The van der Waals surface area contributed by atoms with Gasteiger partial charge in [-0.3, -0.25) is 4.79 Å². The highest BCUT2D eigenvalue weighted by Gasteiger charge is 2.35. The normalized spacial score (nSPS) is 12.1. The molecular formula is C30H28O. The summed E-state index contributed by atoms with van der Waals surface area (Å²) in [7, 11) is 0. The van der Waals surface area contributed by atoms with Gasteiger partial charge in [0.25, 0.3) is 0 Å². The summed E-state index contributed by atoms with van der Waals surface area (Å²) in [5.41, 5.74) is 4.68. The van der Waals surface area contributed by atoms with E-state index in [-0.39, 0.29) is 5.78 Å². The van der Waals surface area contributed by atoms with Crippen LogP contribution in [0.1, 0.15) is 43.9 Å². The van der Waals surface area contributed by atoms with Gasteiger partial charge >= 0.3 is 0 Å². The van der Waals surface area contributed by atoms with Crippen molar-refractivity contribution in [1.82, 2.24) is 0 Å². The zero-order valence-corrected chi connectivity index (χ0v) is 18.4. The Hall–Kier alpha value is -3.63. The molecule has 0 saturated heterocycles. The third kappa shape index (κ3) is 5.11. The summed E-state index contributed by atoms with van der Waals surface area (Å²) < 4.78 is 0. The molecule has 0 atom stereocenters. The lowest BCUT2D eigenvalue weighted by molar-refractivity contribution is -0.112. The second kappa shape index (κ2) is 10.4. The summed E-state index contributed by atoms with van der Waals surface area (Å²) in [5.74, 6) is 6.95. The fraction of sp³-hybridized carbons (Fsp3) is 0.167. The maximum Gasteiger partial charge on any atom is 0.152 e. The van der Waals surface area contributed by atoms with Crippen molar-refractivity contribution in [2.45, 2.75) is 32.6 Å². The molecule has 0 aliphatic rings. The number of hydrogen-bond donors (Lipinski definition) is 0. The molecule has 1 heteroatoms. The molecule has 0 saturated carbocycles. The van der Waals surface area contributed by atoms with Crippen molar-refractivity contribution in [3.8, 4) is 11.8 Å². The van der Waals surface area contributed by atoms with Gasteiger partial charge in [0.05, 0.1) is 0 Å². The monoisotopic (exact) mass is 404 g/mol. The fourth-order valence-corrected chi connectivity index (χ4v) is 3.90. The topological polar surface area (TPSA) is 17.1 Å². The minimum Gasteiger partial charge on any atom is -0.295 e. The largest absolute Gasteiger partial charge is 0.295 e. The van der Waals surface area contributed by atoms with E-state index in [4.69, 9.17) is 0 Å². The summed E-state index contributed by atoms with van der Waals surface area (Å²) in [6.07, 6.45) is 4.44. The average Bonchev–Trinajstić information content (AvgIpc) is 2.82. The zero-order chi connectivity index (χ0) is 22.1. The standard InChI is InChI=1S/C30H28O/c1-4-27(23-25(3)31)30(28-18-10-6-11-19-28,29-20-12-7-13-21-29)22-14-15-24(2)26-16-8-5-9-17-26/h5-13,15-21,23H,4H2,1-3H3/b24-15+,27-23+. The van der Waals surface area contributed by atoms with Crippen LogP contribution in [0.25, 0.3) is 5.57 Å². The van der Waals surface area contributed by atoms with Crippen molar-refractivity contribution < 1.29 is 4.79 Å². The highest BCUT2D eigenvalue weighted by atomic mass is 16.1. The lowest BCUT2D eigenvalue weighted by Crippen LogP contribution is -2.29. The van der Waals surface area contributed by atoms with Crippen molar-refractivity contribution in [2.24, 2.45) is 0 Å². The quantitative estimate of drug-likeness (QED) is 0.319. The first-order valence-corrected chi connectivity index (χ1v) is 10.7. The molecule has 3 aromatic rings. The number of carbonyl (C=O) groups excluding carboxylic acids is 1. The molecule has 0 unspecified atom stereocenters. The number of benzene rings is 3. The van der Waals surface area contributed by atoms with Gasteiger partial charge in [0.1, 0.15) is 5.41 Å². The lowest BCUT2D eigenvalue weighted by Gasteiger charge is -2.32. The molecular weight excluding hydrogens is 376 g/mol. The van der Waals surface area contributed by atoms with E-state index >= 15 is 0 Å². The first-order chi connectivity index (χ1) is 15.1. The molecule has 0 aromatic heterocycles. The van der Waals surface area contributed by atoms with E-state index < -0.39 is 5.41 Å². The Kier molecular flexibility index (Phi) is 7.41. The number of hydrogen-bond acceptors (Lipinski definition) is 1. The van der Waals surface area contributed by atoms with E-state index in [0.29, 0.717) is 0 Å². The SMILES string of the molecule is CC/C(=C\C(C)=O)C(C#C/C=C(\C)c1ccccc1)(c1ccccc1)c1ccccc1. The van der Waals surface area contributed by atoms with Crippen LogP contribution in [0.3, 0.4) is 0 Å². The predicted molar refractivity (Wildman–Crippen MR) is 131 cm³/mol. The predicted octanol–water partition coefficient (Wildman–Crippen LogP) is 7.01. The van der Waals surface area contributed by atoms with Crippen molar-refractivity contribution in [3.63, 3.8) is 0 Å². The van der Waals surface area contributed by atoms with Gasteiger partial charge < -0.3 is 0 Å². The van der Waals surface area contributed by atoms with E-state index in [0.717, 1.165) is 34.3 Å². The van der Waals surface area contributed by atoms with Gasteiger partial charge in [-0.05, 0) is 60.3 Å². The minimum absolute atomic E-state index is 0.0332. The van der Waals surface area contributed by atoms with Crippen LogP contribution in [0.15, 0.2) is 109 Å². The molecule has 0 bridgehead atoms. The zero-order valence-electron chi connectivity index (χ0n) is 18.4. The Labute approximate surface area is 186 Å². The summed E-state index contributed by atoms with van der Waals surface area (Å²) >= 11 is 0. The third-order valence-corrected chi connectivity index (χ3v) is 5.43. The molecule has 0 aliphatic carbocycles. The molecule has 3 aromatic carbocycles. The first kappa shape index (κ1) is 22.1. The van der Waals surface area contributed by atoms with Crippen LogP contribution >= 0.6 is 0 Å². The second-order valence-corrected chi connectivity index (χ2v) is 7.58. The summed E-state index contributed by atoms with van der Waals surface area (Å²) in [6.45, 7) is 5.76. The molecule has 0 fully saturated rings. The van der Waals surface area contributed by atoms with Gasteiger partial charge in [0.2, 0.25) is 0 Å². The van der Waals surface area contributed by atoms with Crippen molar-refractivity contribution in [2.75, 3.05) is 0 Å². The molecule has 0 N–H and O–H groups in total. The molecule has 0 aliphatic heterocycles. The van der Waals surface area contributed by atoms with Crippen molar-refractivity contribution >= 4 is 11.4 Å². The second-order valence-electron chi connectivity index (χ2n) is 7.58. The summed E-state index contributed by atoms with van der Waals surface area (Å²) in [5, 5.41) is 0. The molecule has 31 heavy (non-hydrogen) atoms. The van der Waals surface area contributed by atoms with Gasteiger partial charge in [-0.15, -0.1) is 0 Å². The van der Waals surface area contributed by atoms with E-state index in [9.17, 15) is 4.79 Å². The van der Waals surface area contributed by atoms with Crippen LogP contribution in [0, 0.1) is 11.8 Å². The van der Waals surface area contributed by atoms with E-state index in [1.54, 1.807) is 13.0 Å². The smallest absolute Gasteiger partial charge is 0.152 e. The van der Waals surface area contributed by atoms with E-state index in [1.165, 1.54) is 0 Å². The maximum atomic E-state index is 12.2. The van der Waals surface area contributed by atoms with E-state index in [1.807, 2.05) is 60.7 Å². The molecule has 1 nitrogen and oxygen atoms in total. The Balaban J connectivity index is 2.27. The van der Waals surface area contributed by atoms with Gasteiger partial charge in [0.15, 0.2) is 5.78 Å². The molecule has 0 heterocycles.